The summed E-state index contributed by atoms with van der Waals surface area (Å²) >= 11 is 1.51. The summed E-state index contributed by atoms with van der Waals surface area (Å²) in [5.41, 5.74) is 0. The summed E-state index contributed by atoms with van der Waals surface area (Å²) in [6.45, 7) is 0.928. The van der Waals surface area contributed by atoms with Crippen LogP contribution in [0.2, 0.25) is 0 Å². The Morgan fingerprint density at radius 2 is 2.28 bits per heavy atom. The number of thiophene rings is 1. The number of aliphatic carboxylic acids is 1. The van der Waals surface area contributed by atoms with Crippen LogP contribution in [0.4, 0.5) is 0 Å². The Bertz CT molecular complexity index is 525. The molecule has 0 radical (unpaired) electrons. The van der Waals surface area contributed by atoms with E-state index in [9.17, 15) is 4.79 Å². The number of carbonyl (C=O) groups is 1. The fraction of sp³-hybridized carbons (Fsp3) is 0.154. The van der Waals surface area contributed by atoms with Gasteiger partial charge in [0.2, 0.25) is 0 Å². The van der Waals surface area contributed by atoms with Crippen molar-refractivity contribution in [1.29, 1.82) is 0 Å². The van der Waals surface area contributed by atoms with Crippen LogP contribution in [0, 0.1) is 0 Å². The summed E-state index contributed by atoms with van der Waals surface area (Å²) < 4.78 is 10.6. The van der Waals surface area contributed by atoms with Gasteiger partial charge in [0, 0.05) is 15.8 Å². The second-order valence-corrected chi connectivity index (χ2v) is 4.75. The molecule has 94 valence electrons. The van der Waals surface area contributed by atoms with Gasteiger partial charge in [-0.2, -0.15) is 0 Å². The van der Waals surface area contributed by atoms with E-state index < -0.39 is 5.97 Å². The average molecular weight is 264 g/mol. The molecule has 0 bridgehead atoms. The zero-order chi connectivity index (χ0) is 12.8. The SMILES string of the molecule is O=C(O)C=Cc1ccc(COCc2ccco2)s1. The summed E-state index contributed by atoms with van der Waals surface area (Å²) in [6.07, 6.45) is 4.31. The molecule has 2 rings (SSSR count). The van der Waals surface area contributed by atoms with Crippen LogP contribution in [0.15, 0.2) is 41.0 Å². The van der Waals surface area contributed by atoms with Crippen LogP contribution in [0.3, 0.4) is 0 Å². The van der Waals surface area contributed by atoms with Crippen LogP contribution >= 0.6 is 11.3 Å². The molecule has 0 fully saturated rings. The highest BCUT2D eigenvalue weighted by molar-refractivity contribution is 7.12. The maximum atomic E-state index is 10.4. The summed E-state index contributed by atoms with van der Waals surface area (Å²) in [7, 11) is 0. The van der Waals surface area contributed by atoms with E-state index in [0.717, 1.165) is 21.6 Å². The molecule has 0 aliphatic heterocycles. The molecule has 0 atom stereocenters. The molecule has 0 saturated carbocycles. The van der Waals surface area contributed by atoms with Crippen LogP contribution in [0.1, 0.15) is 15.5 Å². The Hall–Kier alpha value is -1.85. The maximum Gasteiger partial charge on any atom is 0.328 e. The number of carboxylic acid groups (broad SMARTS) is 1. The van der Waals surface area contributed by atoms with Crippen molar-refractivity contribution in [3.63, 3.8) is 0 Å². The molecule has 2 aromatic rings. The van der Waals surface area contributed by atoms with Crippen LogP contribution in [0.5, 0.6) is 0 Å². The maximum absolute atomic E-state index is 10.4. The summed E-state index contributed by atoms with van der Waals surface area (Å²) in [6, 6.07) is 7.47. The van der Waals surface area contributed by atoms with E-state index >= 15 is 0 Å². The largest absolute Gasteiger partial charge is 0.478 e. The lowest BCUT2D eigenvalue weighted by Crippen LogP contribution is -1.90. The number of rotatable bonds is 6. The van der Waals surface area contributed by atoms with Gasteiger partial charge in [0.05, 0.1) is 12.9 Å². The standard InChI is InChI=1S/C13H12O4S/c14-13(15)6-5-11-3-4-12(18-11)9-16-8-10-2-1-7-17-10/h1-7H,8-9H2,(H,14,15). The van der Waals surface area contributed by atoms with E-state index in [0.29, 0.717) is 13.2 Å². The molecule has 2 aromatic heterocycles. The molecule has 5 heteroatoms. The lowest BCUT2D eigenvalue weighted by atomic mass is 10.4. The minimum absolute atomic E-state index is 0.436. The van der Waals surface area contributed by atoms with Gasteiger partial charge >= 0.3 is 5.97 Å². The zero-order valence-electron chi connectivity index (χ0n) is 9.54. The molecular formula is C13H12O4S. The normalized spacial score (nSPS) is 11.1. The molecular weight excluding hydrogens is 252 g/mol. The average Bonchev–Trinajstić information content (AvgIpc) is 2.97. The smallest absolute Gasteiger partial charge is 0.328 e. The molecule has 0 spiro atoms. The topological polar surface area (TPSA) is 59.7 Å². The van der Waals surface area contributed by atoms with Crippen molar-refractivity contribution >= 4 is 23.4 Å². The second kappa shape index (κ2) is 6.18. The Morgan fingerprint density at radius 3 is 3.00 bits per heavy atom. The Kier molecular flexibility index (Phi) is 4.33. The van der Waals surface area contributed by atoms with Gasteiger partial charge in [-0.25, -0.2) is 4.79 Å². The molecule has 0 aliphatic rings. The highest BCUT2D eigenvalue weighted by atomic mass is 32.1. The van der Waals surface area contributed by atoms with E-state index in [1.807, 2.05) is 24.3 Å². The van der Waals surface area contributed by atoms with Crippen molar-refractivity contribution in [2.45, 2.75) is 13.2 Å². The summed E-state index contributed by atoms with van der Waals surface area (Å²) in [5, 5.41) is 8.51. The zero-order valence-corrected chi connectivity index (χ0v) is 10.4. The molecule has 0 amide bonds. The third-order valence-electron chi connectivity index (χ3n) is 2.14. The van der Waals surface area contributed by atoms with Crippen LogP contribution < -0.4 is 0 Å². The lowest BCUT2D eigenvalue weighted by molar-refractivity contribution is -0.131. The van der Waals surface area contributed by atoms with Crippen LogP contribution in [0.25, 0.3) is 6.08 Å². The first-order chi connectivity index (χ1) is 8.74. The van der Waals surface area contributed by atoms with E-state index in [1.54, 1.807) is 12.3 Å². The van der Waals surface area contributed by atoms with E-state index in [-0.39, 0.29) is 0 Å². The van der Waals surface area contributed by atoms with Crippen molar-refractivity contribution in [3.8, 4) is 0 Å². The molecule has 4 nitrogen and oxygen atoms in total. The molecule has 0 aromatic carbocycles. The monoisotopic (exact) mass is 264 g/mol. The van der Waals surface area contributed by atoms with Gasteiger partial charge in [-0.3, -0.25) is 0 Å². The van der Waals surface area contributed by atoms with Crippen LogP contribution in [-0.4, -0.2) is 11.1 Å². The first-order valence-electron chi connectivity index (χ1n) is 5.34. The number of hydrogen-bond acceptors (Lipinski definition) is 4. The van der Waals surface area contributed by atoms with Crippen molar-refractivity contribution in [3.05, 3.63) is 52.1 Å². The second-order valence-electron chi connectivity index (χ2n) is 3.55. The Labute approximate surface area is 108 Å². The van der Waals surface area contributed by atoms with Crippen molar-refractivity contribution < 1.29 is 19.1 Å². The van der Waals surface area contributed by atoms with Gasteiger partial charge in [-0.15, -0.1) is 11.3 Å². The summed E-state index contributed by atoms with van der Waals surface area (Å²) in [5.74, 6) is -0.156. The van der Waals surface area contributed by atoms with Crippen molar-refractivity contribution in [2.24, 2.45) is 0 Å². The Balaban J connectivity index is 1.81. The first-order valence-corrected chi connectivity index (χ1v) is 6.15. The van der Waals surface area contributed by atoms with Gasteiger partial charge in [-0.1, -0.05) is 0 Å². The third kappa shape index (κ3) is 3.87. The number of carboxylic acids is 1. The van der Waals surface area contributed by atoms with E-state index in [2.05, 4.69) is 0 Å². The minimum atomic E-state index is -0.945. The van der Waals surface area contributed by atoms with Gasteiger partial charge in [-0.05, 0) is 30.3 Å². The molecule has 1 N–H and O–H groups in total. The fourth-order valence-corrected chi connectivity index (χ4v) is 2.22. The molecule has 0 saturated heterocycles. The molecule has 0 aliphatic carbocycles. The first kappa shape index (κ1) is 12.6. The van der Waals surface area contributed by atoms with Crippen LogP contribution in [-0.2, 0) is 22.7 Å². The Morgan fingerprint density at radius 1 is 1.39 bits per heavy atom. The van der Waals surface area contributed by atoms with Crippen molar-refractivity contribution in [2.75, 3.05) is 0 Å². The van der Waals surface area contributed by atoms with Gasteiger partial charge in [0.25, 0.3) is 0 Å². The fourth-order valence-electron chi connectivity index (χ4n) is 1.36. The van der Waals surface area contributed by atoms with Gasteiger partial charge < -0.3 is 14.3 Å². The minimum Gasteiger partial charge on any atom is -0.478 e. The van der Waals surface area contributed by atoms with E-state index in [1.165, 1.54) is 11.3 Å². The molecule has 18 heavy (non-hydrogen) atoms. The van der Waals surface area contributed by atoms with Gasteiger partial charge in [0.1, 0.15) is 12.4 Å². The number of hydrogen-bond donors (Lipinski definition) is 1. The van der Waals surface area contributed by atoms with E-state index in [4.69, 9.17) is 14.3 Å². The highest BCUT2D eigenvalue weighted by Gasteiger charge is 2.00. The molecule has 0 unspecified atom stereocenters. The third-order valence-corrected chi connectivity index (χ3v) is 3.17. The lowest BCUT2D eigenvalue weighted by Gasteiger charge is -1.98. The summed E-state index contributed by atoms with van der Waals surface area (Å²) in [4.78, 5) is 12.3. The predicted molar refractivity (Wildman–Crippen MR) is 68.2 cm³/mol. The van der Waals surface area contributed by atoms with Gasteiger partial charge in [0.15, 0.2) is 0 Å². The number of furan rings is 1. The van der Waals surface area contributed by atoms with Crippen molar-refractivity contribution in [1.82, 2.24) is 0 Å². The number of ether oxygens (including phenoxy) is 1. The highest BCUT2D eigenvalue weighted by Crippen LogP contribution is 2.19. The molecule has 2 heterocycles. The quantitative estimate of drug-likeness (QED) is 0.814. The predicted octanol–water partition coefficient (Wildman–Crippen LogP) is 3.16.